The molecule has 2 aliphatic heterocycles. The molecule has 2 aromatic rings. The molecule has 0 aromatic heterocycles. The van der Waals surface area contributed by atoms with E-state index in [1.54, 1.807) is 24.3 Å². The van der Waals surface area contributed by atoms with Crippen molar-refractivity contribution in [3.63, 3.8) is 0 Å². The Balaban J connectivity index is 1.55. The van der Waals surface area contributed by atoms with Gasteiger partial charge in [0.1, 0.15) is 0 Å². The molecule has 0 spiro atoms. The van der Waals surface area contributed by atoms with E-state index in [1.807, 2.05) is 0 Å². The van der Waals surface area contributed by atoms with E-state index in [4.69, 9.17) is 21.1 Å². The number of hydrogen-bond acceptors (Lipinski definition) is 5. The van der Waals surface area contributed by atoms with Crippen LogP contribution >= 0.6 is 11.6 Å². The Bertz CT molecular complexity index is 1050. The maximum absolute atomic E-state index is 12.9. The van der Waals surface area contributed by atoms with E-state index in [-0.39, 0.29) is 4.90 Å². The highest BCUT2D eigenvalue weighted by molar-refractivity contribution is 7.89. The van der Waals surface area contributed by atoms with Crippen LogP contribution in [0.25, 0.3) is 0 Å². The fourth-order valence-corrected chi connectivity index (χ4v) is 5.38. The van der Waals surface area contributed by atoms with Gasteiger partial charge in [-0.3, -0.25) is 4.79 Å². The molecule has 0 bridgehead atoms. The Kier molecular flexibility index (Phi) is 6.17. The van der Waals surface area contributed by atoms with Crippen LogP contribution in [0.3, 0.4) is 0 Å². The maximum Gasteiger partial charge on any atom is 0.255 e. The topological polar surface area (TPSA) is 84.9 Å². The van der Waals surface area contributed by atoms with Crippen molar-refractivity contribution < 1.29 is 22.7 Å². The number of ether oxygens (including phenoxy) is 2. The minimum absolute atomic E-state index is 0.166. The average molecular weight is 451 g/mol. The van der Waals surface area contributed by atoms with Crippen molar-refractivity contribution in [1.29, 1.82) is 0 Å². The number of halogens is 1. The molecule has 0 saturated carbocycles. The smallest absolute Gasteiger partial charge is 0.255 e. The van der Waals surface area contributed by atoms with Crippen LogP contribution in [-0.2, 0) is 10.0 Å². The van der Waals surface area contributed by atoms with E-state index in [0.717, 1.165) is 25.7 Å². The van der Waals surface area contributed by atoms with Gasteiger partial charge < -0.3 is 14.8 Å². The lowest BCUT2D eigenvalue weighted by Crippen LogP contribution is -2.35. The summed E-state index contributed by atoms with van der Waals surface area (Å²) < 4.78 is 38.5. The van der Waals surface area contributed by atoms with Crippen LogP contribution in [0.5, 0.6) is 11.5 Å². The minimum atomic E-state index is -3.58. The Morgan fingerprint density at radius 3 is 2.57 bits per heavy atom. The molecule has 0 aliphatic carbocycles. The fourth-order valence-electron chi connectivity index (χ4n) is 3.55. The van der Waals surface area contributed by atoms with Gasteiger partial charge in [0.2, 0.25) is 10.0 Å². The third-order valence-corrected chi connectivity index (χ3v) is 7.28. The molecular formula is C21H23ClN2O5S. The lowest BCUT2D eigenvalue weighted by molar-refractivity contribution is 0.102. The van der Waals surface area contributed by atoms with E-state index in [2.05, 4.69) is 5.32 Å². The molecule has 160 valence electrons. The second-order valence-electron chi connectivity index (χ2n) is 7.28. The number of anilines is 1. The predicted molar refractivity (Wildman–Crippen MR) is 114 cm³/mol. The van der Waals surface area contributed by atoms with Gasteiger partial charge in [0, 0.05) is 30.8 Å². The van der Waals surface area contributed by atoms with Crippen LogP contribution < -0.4 is 14.8 Å². The van der Waals surface area contributed by atoms with Gasteiger partial charge in [0.15, 0.2) is 11.5 Å². The number of benzene rings is 2. The number of carbonyl (C=O) groups excluding carboxylic acids is 1. The van der Waals surface area contributed by atoms with Crippen molar-refractivity contribution >= 4 is 33.2 Å². The third-order valence-electron chi connectivity index (χ3n) is 5.11. The number of hydrogen-bond donors (Lipinski definition) is 1. The van der Waals surface area contributed by atoms with Gasteiger partial charge in [0.25, 0.3) is 5.91 Å². The molecule has 30 heavy (non-hydrogen) atoms. The van der Waals surface area contributed by atoms with Crippen molar-refractivity contribution in [3.8, 4) is 11.5 Å². The van der Waals surface area contributed by atoms with Gasteiger partial charge >= 0.3 is 0 Å². The molecule has 1 fully saturated rings. The maximum atomic E-state index is 12.9. The molecule has 0 atom stereocenters. The molecular weight excluding hydrogens is 428 g/mol. The molecule has 2 heterocycles. The van der Waals surface area contributed by atoms with E-state index >= 15 is 0 Å². The van der Waals surface area contributed by atoms with Crippen molar-refractivity contribution in [1.82, 2.24) is 4.31 Å². The zero-order chi connectivity index (χ0) is 21.1. The molecule has 1 saturated heterocycles. The van der Waals surface area contributed by atoms with Crippen LogP contribution in [-0.4, -0.2) is 44.9 Å². The van der Waals surface area contributed by atoms with Crippen molar-refractivity contribution in [3.05, 3.63) is 47.0 Å². The van der Waals surface area contributed by atoms with Gasteiger partial charge in [-0.2, -0.15) is 4.31 Å². The second kappa shape index (κ2) is 8.83. The Labute approximate surface area is 181 Å². The minimum Gasteiger partial charge on any atom is -0.489 e. The molecule has 0 radical (unpaired) electrons. The Morgan fingerprint density at radius 1 is 1.00 bits per heavy atom. The number of piperidine rings is 1. The zero-order valence-corrected chi connectivity index (χ0v) is 18.0. The first-order chi connectivity index (χ1) is 14.4. The first kappa shape index (κ1) is 21.0. The van der Waals surface area contributed by atoms with Crippen molar-refractivity contribution in [2.24, 2.45) is 0 Å². The number of nitrogens with zero attached hydrogens (tertiary/aromatic N) is 1. The summed E-state index contributed by atoms with van der Waals surface area (Å²) >= 11 is 6.27. The Morgan fingerprint density at radius 2 is 1.77 bits per heavy atom. The van der Waals surface area contributed by atoms with E-state index in [9.17, 15) is 13.2 Å². The number of sulfonamides is 1. The van der Waals surface area contributed by atoms with E-state index in [1.165, 1.54) is 16.4 Å². The lowest BCUT2D eigenvalue weighted by Gasteiger charge is -2.26. The van der Waals surface area contributed by atoms with E-state index < -0.39 is 15.9 Å². The predicted octanol–water partition coefficient (Wildman–Crippen LogP) is 3.93. The zero-order valence-electron chi connectivity index (χ0n) is 16.4. The highest BCUT2D eigenvalue weighted by atomic mass is 35.5. The van der Waals surface area contributed by atoms with Gasteiger partial charge in [0.05, 0.1) is 23.1 Å². The van der Waals surface area contributed by atoms with Crippen LogP contribution in [0.4, 0.5) is 5.69 Å². The quantitative estimate of drug-likeness (QED) is 0.762. The van der Waals surface area contributed by atoms with Crippen LogP contribution in [0.2, 0.25) is 5.02 Å². The van der Waals surface area contributed by atoms with E-state index in [0.29, 0.717) is 54.1 Å². The molecule has 0 unspecified atom stereocenters. The monoisotopic (exact) mass is 450 g/mol. The van der Waals surface area contributed by atoms with Gasteiger partial charge in [-0.15, -0.1) is 0 Å². The standard InChI is InChI=1S/C21H23ClN2O5S/c22-18-12-15(13-19-20(18)29-11-5-10-28-19)21(25)23-16-6-4-7-17(14-16)30(26,27)24-8-2-1-3-9-24/h4,6-7,12-14H,1-3,5,8-11H2,(H,23,25). The molecule has 7 nitrogen and oxygen atoms in total. The van der Waals surface area contributed by atoms with Crippen LogP contribution in [0.15, 0.2) is 41.3 Å². The highest BCUT2D eigenvalue weighted by Crippen LogP contribution is 2.38. The first-order valence-electron chi connectivity index (χ1n) is 9.96. The summed E-state index contributed by atoms with van der Waals surface area (Å²) in [4.78, 5) is 12.9. The number of fused-ring (bicyclic) bond motifs is 1. The van der Waals surface area contributed by atoms with Crippen molar-refractivity contribution in [2.45, 2.75) is 30.6 Å². The summed E-state index contributed by atoms with van der Waals surface area (Å²) in [5, 5.41) is 3.04. The molecule has 9 heteroatoms. The van der Waals surface area contributed by atoms with Gasteiger partial charge in [-0.1, -0.05) is 24.1 Å². The van der Waals surface area contributed by atoms with Crippen molar-refractivity contribution in [2.75, 3.05) is 31.6 Å². The average Bonchev–Trinajstić information content (AvgIpc) is 3.00. The van der Waals surface area contributed by atoms with Crippen LogP contribution in [0, 0.1) is 0 Å². The number of rotatable bonds is 4. The summed E-state index contributed by atoms with van der Waals surface area (Å²) in [7, 11) is -3.58. The second-order valence-corrected chi connectivity index (χ2v) is 9.63. The Hall–Kier alpha value is -2.29. The number of carbonyl (C=O) groups is 1. The molecule has 2 aliphatic rings. The number of amides is 1. The largest absolute Gasteiger partial charge is 0.489 e. The lowest BCUT2D eigenvalue weighted by atomic mass is 10.1. The summed E-state index contributed by atoms with van der Waals surface area (Å²) in [5.74, 6) is 0.437. The normalized spacial score (nSPS) is 17.2. The summed E-state index contributed by atoms with van der Waals surface area (Å²) in [6.07, 6.45) is 3.49. The first-order valence-corrected chi connectivity index (χ1v) is 11.8. The SMILES string of the molecule is O=C(Nc1cccc(S(=O)(=O)N2CCCCC2)c1)c1cc(Cl)c2c(c1)OCCCO2. The van der Waals surface area contributed by atoms with Crippen LogP contribution in [0.1, 0.15) is 36.0 Å². The third kappa shape index (κ3) is 4.40. The molecule has 1 amide bonds. The summed E-state index contributed by atoms with van der Waals surface area (Å²) in [6.45, 7) is 2.02. The summed E-state index contributed by atoms with van der Waals surface area (Å²) in [6, 6.07) is 9.39. The highest BCUT2D eigenvalue weighted by Gasteiger charge is 2.26. The molecule has 4 rings (SSSR count). The molecule has 1 N–H and O–H groups in total. The summed E-state index contributed by atoms with van der Waals surface area (Å²) in [5.41, 5.74) is 0.690. The van der Waals surface area contributed by atoms with Gasteiger partial charge in [-0.05, 0) is 43.2 Å². The van der Waals surface area contributed by atoms with Gasteiger partial charge in [-0.25, -0.2) is 8.42 Å². The number of nitrogens with one attached hydrogen (secondary N) is 1. The fraction of sp³-hybridized carbons (Fsp3) is 0.381. The molecule has 2 aromatic carbocycles.